The third-order valence-corrected chi connectivity index (χ3v) is 5.55. The van der Waals surface area contributed by atoms with Gasteiger partial charge in [0.15, 0.2) is 5.65 Å². The summed E-state index contributed by atoms with van der Waals surface area (Å²) in [6.07, 6.45) is -1.82. The number of hydrogen-bond acceptors (Lipinski definition) is 6. The van der Waals surface area contributed by atoms with Crippen LogP contribution in [0, 0.1) is 0 Å². The van der Waals surface area contributed by atoms with E-state index in [0.29, 0.717) is 41.4 Å². The maximum Gasteiger partial charge on any atom is 0.417 e. The van der Waals surface area contributed by atoms with Crippen LogP contribution in [0.2, 0.25) is 5.02 Å². The molecule has 0 N–H and O–H groups in total. The largest absolute Gasteiger partial charge is 0.417 e. The molecule has 1 unspecified atom stereocenters. The second-order valence-corrected chi connectivity index (χ2v) is 7.83. The van der Waals surface area contributed by atoms with Gasteiger partial charge in [-0.2, -0.15) is 18.2 Å². The predicted molar refractivity (Wildman–Crippen MR) is 107 cm³/mol. The molecule has 1 aliphatic rings. The number of anilines is 1. The summed E-state index contributed by atoms with van der Waals surface area (Å²) in [4.78, 5) is 6.39. The molecule has 1 atom stereocenters. The molecule has 0 spiro atoms. The fourth-order valence-electron chi connectivity index (χ4n) is 3.80. The second kappa shape index (κ2) is 7.52. The van der Waals surface area contributed by atoms with Gasteiger partial charge in [-0.25, -0.2) is 0 Å². The van der Waals surface area contributed by atoms with E-state index in [1.807, 2.05) is 11.0 Å². The molecule has 0 saturated carbocycles. The number of benzene rings is 1. The first-order valence-corrected chi connectivity index (χ1v) is 10.0. The number of fused-ring (bicyclic) bond motifs is 1. The van der Waals surface area contributed by atoms with E-state index in [4.69, 9.17) is 16.1 Å². The summed E-state index contributed by atoms with van der Waals surface area (Å²) in [5.74, 6) is 0.775. The lowest BCUT2D eigenvalue weighted by Gasteiger charge is -2.30. The Bertz CT molecular complexity index is 1240. The molecule has 1 aromatic carbocycles. The van der Waals surface area contributed by atoms with Crippen molar-refractivity contribution < 1.29 is 17.7 Å². The van der Waals surface area contributed by atoms with Gasteiger partial charge in [-0.15, -0.1) is 10.2 Å². The van der Waals surface area contributed by atoms with Crippen molar-refractivity contribution in [1.29, 1.82) is 0 Å². The number of piperidine rings is 1. The van der Waals surface area contributed by atoms with Gasteiger partial charge in [-0.1, -0.05) is 28.9 Å². The molecular weight excluding hydrogens is 433 g/mol. The minimum absolute atomic E-state index is 0.131. The van der Waals surface area contributed by atoms with Crippen LogP contribution in [-0.4, -0.2) is 37.8 Å². The number of pyridine rings is 1. The Morgan fingerprint density at radius 1 is 1.13 bits per heavy atom. The molecule has 4 aromatic rings. The third-order valence-electron chi connectivity index (χ3n) is 5.31. The number of alkyl halides is 3. The fraction of sp³-hybridized carbons (Fsp3) is 0.300. The standard InChI is InChI=1S/C20H16ClF3N6O/c21-15-5-1-3-12(9-15)17-25-19(31-28-17)29-8-2-4-13(10-29)18-27-26-16-7-6-14(11-30(16)18)20(22,23)24/h1,3,5-7,9,11,13H,2,4,8,10H2. The Kier molecular flexibility index (Phi) is 4.81. The monoisotopic (exact) mass is 448 g/mol. The van der Waals surface area contributed by atoms with E-state index < -0.39 is 11.7 Å². The van der Waals surface area contributed by atoms with Gasteiger partial charge in [0.2, 0.25) is 5.82 Å². The van der Waals surface area contributed by atoms with Gasteiger partial charge in [0.05, 0.1) is 5.56 Å². The van der Waals surface area contributed by atoms with Crippen molar-refractivity contribution in [2.24, 2.45) is 0 Å². The maximum absolute atomic E-state index is 13.1. The molecular formula is C20H16ClF3N6O. The lowest BCUT2D eigenvalue weighted by molar-refractivity contribution is -0.137. The molecule has 3 aromatic heterocycles. The molecule has 0 radical (unpaired) electrons. The number of nitrogens with zero attached hydrogens (tertiary/aromatic N) is 6. The van der Waals surface area contributed by atoms with Gasteiger partial charge in [-0.05, 0) is 37.1 Å². The van der Waals surface area contributed by atoms with Gasteiger partial charge in [-0.3, -0.25) is 4.40 Å². The van der Waals surface area contributed by atoms with Gasteiger partial charge >= 0.3 is 12.2 Å². The summed E-state index contributed by atoms with van der Waals surface area (Å²) < 4.78 is 46.3. The average Bonchev–Trinajstić information content (AvgIpc) is 3.40. The Labute approximate surface area is 179 Å². The van der Waals surface area contributed by atoms with Crippen LogP contribution in [0.3, 0.4) is 0 Å². The molecule has 1 fully saturated rings. The molecule has 31 heavy (non-hydrogen) atoms. The smallest absolute Gasteiger partial charge is 0.324 e. The Morgan fingerprint density at radius 3 is 2.81 bits per heavy atom. The van der Waals surface area contributed by atoms with Gasteiger partial charge < -0.3 is 9.42 Å². The quantitative estimate of drug-likeness (QED) is 0.447. The summed E-state index contributed by atoms with van der Waals surface area (Å²) >= 11 is 6.03. The molecule has 0 aliphatic carbocycles. The van der Waals surface area contributed by atoms with Gasteiger partial charge in [0.1, 0.15) is 5.82 Å². The van der Waals surface area contributed by atoms with Crippen molar-refractivity contribution in [3.63, 3.8) is 0 Å². The lowest BCUT2D eigenvalue weighted by Crippen LogP contribution is -2.35. The highest BCUT2D eigenvalue weighted by Crippen LogP contribution is 2.32. The minimum Gasteiger partial charge on any atom is -0.324 e. The van der Waals surface area contributed by atoms with Crippen LogP contribution in [0.25, 0.3) is 17.0 Å². The van der Waals surface area contributed by atoms with E-state index >= 15 is 0 Å². The van der Waals surface area contributed by atoms with Crippen LogP contribution in [-0.2, 0) is 6.18 Å². The Hall–Kier alpha value is -3.14. The number of aromatic nitrogens is 5. The molecule has 11 heteroatoms. The van der Waals surface area contributed by atoms with Crippen molar-refractivity contribution in [2.45, 2.75) is 24.9 Å². The molecule has 1 aliphatic heterocycles. The molecule has 5 rings (SSSR count). The van der Waals surface area contributed by atoms with Crippen molar-refractivity contribution in [2.75, 3.05) is 18.0 Å². The van der Waals surface area contributed by atoms with E-state index in [9.17, 15) is 13.2 Å². The first-order chi connectivity index (χ1) is 14.9. The normalized spacial score (nSPS) is 17.4. The van der Waals surface area contributed by atoms with Crippen LogP contribution in [0.5, 0.6) is 0 Å². The molecule has 160 valence electrons. The summed E-state index contributed by atoms with van der Waals surface area (Å²) in [6, 6.07) is 9.83. The summed E-state index contributed by atoms with van der Waals surface area (Å²) in [5, 5.41) is 12.8. The molecule has 0 amide bonds. The van der Waals surface area contributed by atoms with Crippen molar-refractivity contribution >= 4 is 23.3 Å². The Balaban J connectivity index is 1.41. The van der Waals surface area contributed by atoms with Crippen LogP contribution in [0.4, 0.5) is 19.2 Å². The molecule has 0 bridgehead atoms. The first-order valence-electron chi connectivity index (χ1n) is 9.65. The van der Waals surface area contributed by atoms with Crippen LogP contribution < -0.4 is 4.90 Å². The lowest BCUT2D eigenvalue weighted by atomic mass is 9.97. The van der Waals surface area contributed by atoms with Crippen molar-refractivity contribution in [3.8, 4) is 11.4 Å². The summed E-state index contributed by atoms with van der Waals surface area (Å²) in [7, 11) is 0. The van der Waals surface area contributed by atoms with Gasteiger partial charge in [0, 0.05) is 35.8 Å². The SMILES string of the molecule is FC(F)(F)c1ccc2nnc(C3CCCN(c4nc(-c5cccc(Cl)c5)no4)C3)n2c1. The number of hydrogen-bond donors (Lipinski definition) is 0. The molecule has 4 heterocycles. The molecule has 7 nitrogen and oxygen atoms in total. The highest BCUT2D eigenvalue weighted by Gasteiger charge is 2.33. The summed E-state index contributed by atoms with van der Waals surface area (Å²) in [6.45, 7) is 1.17. The zero-order valence-electron chi connectivity index (χ0n) is 16.1. The fourth-order valence-corrected chi connectivity index (χ4v) is 4.00. The van der Waals surface area contributed by atoms with Crippen LogP contribution in [0.1, 0.15) is 30.1 Å². The van der Waals surface area contributed by atoms with E-state index in [1.165, 1.54) is 10.5 Å². The van der Waals surface area contributed by atoms with Crippen LogP contribution >= 0.6 is 11.6 Å². The topological polar surface area (TPSA) is 72.3 Å². The minimum atomic E-state index is -4.44. The number of halogens is 4. The first kappa shape index (κ1) is 19.8. The third kappa shape index (κ3) is 3.83. The van der Waals surface area contributed by atoms with E-state index in [0.717, 1.165) is 30.7 Å². The van der Waals surface area contributed by atoms with Crippen LogP contribution in [0.15, 0.2) is 47.1 Å². The maximum atomic E-state index is 13.1. The zero-order chi connectivity index (χ0) is 21.6. The van der Waals surface area contributed by atoms with Crippen molar-refractivity contribution in [1.82, 2.24) is 24.7 Å². The second-order valence-electron chi connectivity index (χ2n) is 7.40. The summed E-state index contributed by atoms with van der Waals surface area (Å²) in [5.41, 5.74) is 0.372. The zero-order valence-corrected chi connectivity index (χ0v) is 16.8. The van der Waals surface area contributed by atoms with E-state index in [-0.39, 0.29) is 5.92 Å². The van der Waals surface area contributed by atoms with Gasteiger partial charge in [0.25, 0.3) is 0 Å². The Morgan fingerprint density at radius 2 is 2.00 bits per heavy atom. The number of rotatable bonds is 3. The molecule has 1 saturated heterocycles. The van der Waals surface area contributed by atoms with E-state index in [2.05, 4.69) is 20.3 Å². The predicted octanol–water partition coefficient (Wildman–Crippen LogP) is 4.84. The van der Waals surface area contributed by atoms with Crippen molar-refractivity contribution in [3.05, 3.63) is 59.0 Å². The highest BCUT2D eigenvalue weighted by atomic mass is 35.5. The highest BCUT2D eigenvalue weighted by molar-refractivity contribution is 6.30. The average molecular weight is 449 g/mol. The van der Waals surface area contributed by atoms with E-state index in [1.54, 1.807) is 18.2 Å².